The number of nitrogens with zero attached hydrogens (tertiary/aromatic N) is 2. The number of pyridine rings is 1. The molecule has 0 radical (unpaired) electrons. The van der Waals surface area contributed by atoms with Crippen LogP contribution in [0.15, 0.2) is 34.2 Å². The van der Waals surface area contributed by atoms with E-state index < -0.39 is 0 Å². The molecule has 0 aromatic carbocycles. The summed E-state index contributed by atoms with van der Waals surface area (Å²) in [6.45, 7) is 2.97. The predicted molar refractivity (Wildman–Crippen MR) is 73.1 cm³/mol. The smallest absolute Gasteiger partial charge is 0.143 e. The van der Waals surface area contributed by atoms with Crippen LogP contribution in [0.3, 0.4) is 0 Å². The minimum atomic E-state index is 0.896. The SMILES string of the molecule is Cc1ccnc(N(C)Cc2cccs2)c1Br. The lowest BCUT2D eigenvalue weighted by atomic mass is 10.3. The highest BCUT2D eigenvalue weighted by atomic mass is 79.9. The largest absolute Gasteiger partial charge is 0.354 e. The van der Waals surface area contributed by atoms with Crippen LogP contribution >= 0.6 is 27.3 Å². The van der Waals surface area contributed by atoms with E-state index in [0.29, 0.717) is 0 Å². The van der Waals surface area contributed by atoms with Crippen LogP contribution in [0.2, 0.25) is 0 Å². The molecule has 0 aliphatic rings. The first-order chi connectivity index (χ1) is 7.68. The Morgan fingerprint density at radius 1 is 1.44 bits per heavy atom. The minimum absolute atomic E-state index is 0.896. The van der Waals surface area contributed by atoms with Gasteiger partial charge in [-0.05, 0) is 45.9 Å². The van der Waals surface area contributed by atoms with Gasteiger partial charge in [0.2, 0.25) is 0 Å². The zero-order chi connectivity index (χ0) is 11.5. The summed E-state index contributed by atoms with van der Waals surface area (Å²) in [6, 6.07) is 6.23. The van der Waals surface area contributed by atoms with E-state index in [1.54, 1.807) is 11.3 Å². The summed E-state index contributed by atoms with van der Waals surface area (Å²) in [6.07, 6.45) is 1.85. The fourth-order valence-electron chi connectivity index (χ4n) is 1.50. The molecule has 0 spiro atoms. The molecular weight excluding hydrogens is 284 g/mol. The summed E-state index contributed by atoms with van der Waals surface area (Å²) < 4.78 is 1.08. The molecule has 2 rings (SSSR count). The van der Waals surface area contributed by atoms with Gasteiger partial charge in [-0.15, -0.1) is 11.3 Å². The van der Waals surface area contributed by atoms with Gasteiger partial charge in [0.15, 0.2) is 0 Å². The lowest BCUT2D eigenvalue weighted by Crippen LogP contribution is -2.17. The summed E-state index contributed by atoms with van der Waals surface area (Å²) >= 11 is 5.36. The topological polar surface area (TPSA) is 16.1 Å². The molecule has 4 heteroatoms. The van der Waals surface area contributed by atoms with Gasteiger partial charge in [0.05, 0.1) is 11.0 Å². The van der Waals surface area contributed by atoms with Crippen LogP contribution in [0.4, 0.5) is 5.82 Å². The lowest BCUT2D eigenvalue weighted by Gasteiger charge is -2.19. The molecule has 0 aliphatic heterocycles. The van der Waals surface area contributed by atoms with Crippen molar-refractivity contribution in [2.45, 2.75) is 13.5 Å². The van der Waals surface area contributed by atoms with E-state index in [-0.39, 0.29) is 0 Å². The molecule has 0 saturated carbocycles. The van der Waals surface area contributed by atoms with E-state index in [2.05, 4.69) is 57.3 Å². The molecule has 0 fully saturated rings. The fourth-order valence-corrected chi connectivity index (χ4v) is 2.80. The van der Waals surface area contributed by atoms with Crippen molar-refractivity contribution in [3.8, 4) is 0 Å². The third-order valence-electron chi connectivity index (χ3n) is 2.40. The van der Waals surface area contributed by atoms with Crippen molar-refractivity contribution in [1.82, 2.24) is 4.98 Å². The van der Waals surface area contributed by atoms with Crippen LogP contribution in [-0.4, -0.2) is 12.0 Å². The monoisotopic (exact) mass is 296 g/mol. The average Bonchev–Trinajstić information content (AvgIpc) is 2.74. The molecular formula is C12H13BrN2S. The lowest BCUT2D eigenvalue weighted by molar-refractivity contribution is 0.906. The second-order valence-corrected chi connectivity index (χ2v) is 5.53. The van der Waals surface area contributed by atoms with Crippen LogP contribution < -0.4 is 4.90 Å². The van der Waals surface area contributed by atoms with E-state index >= 15 is 0 Å². The molecule has 2 aromatic heterocycles. The summed E-state index contributed by atoms with van der Waals surface area (Å²) in [5, 5.41) is 2.10. The first-order valence-corrected chi connectivity index (χ1v) is 6.70. The molecule has 0 aliphatic carbocycles. The van der Waals surface area contributed by atoms with Crippen LogP contribution in [0, 0.1) is 6.92 Å². The van der Waals surface area contributed by atoms with Crippen molar-refractivity contribution in [2.24, 2.45) is 0 Å². The average molecular weight is 297 g/mol. The number of hydrogen-bond acceptors (Lipinski definition) is 3. The van der Waals surface area contributed by atoms with Crippen molar-refractivity contribution >= 4 is 33.1 Å². The third-order valence-corrected chi connectivity index (χ3v) is 4.24. The Bertz CT molecular complexity index is 468. The number of halogens is 1. The molecule has 0 N–H and O–H groups in total. The summed E-state index contributed by atoms with van der Waals surface area (Å²) in [5.74, 6) is 0.994. The number of thiophene rings is 1. The second-order valence-electron chi connectivity index (χ2n) is 3.70. The van der Waals surface area contributed by atoms with Gasteiger partial charge in [-0.25, -0.2) is 4.98 Å². The molecule has 2 heterocycles. The fraction of sp³-hybridized carbons (Fsp3) is 0.250. The Kier molecular flexibility index (Phi) is 3.61. The van der Waals surface area contributed by atoms with Crippen molar-refractivity contribution < 1.29 is 0 Å². The first-order valence-electron chi connectivity index (χ1n) is 5.03. The highest BCUT2D eigenvalue weighted by molar-refractivity contribution is 9.10. The Morgan fingerprint density at radius 2 is 2.25 bits per heavy atom. The highest BCUT2D eigenvalue weighted by Crippen LogP contribution is 2.27. The van der Waals surface area contributed by atoms with Crippen molar-refractivity contribution in [3.05, 3.63) is 44.7 Å². The number of aromatic nitrogens is 1. The van der Waals surface area contributed by atoms with Gasteiger partial charge in [0.1, 0.15) is 5.82 Å². The van der Waals surface area contributed by atoms with E-state index in [0.717, 1.165) is 16.8 Å². The number of anilines is 1. The normalized spacial score (nSPS) is 10.4. The van der Waals surface area contributed by atoms with Gasteiger partial charge in [-0.3, -0.25) is 0 Å². The third kappa shape index (κ3) is 2.44. The Balaban J connectivity index is 2.21. The van der Waals surface area contributed by atoms with Gasteiger partial charge in [-0.1, -0.05) is 6.07 Å². The number of rotatable bonds is 3. The maximum atomic E-state index is 4.40. The number of aryl methyl sites for hydroxylation is 1. The number of hydrogen-bond donors (Lipinski definition) is 0. The van der Waals surface area contributed by atoms with Gasteiger partial charge in [0, 0.05) is 18.1 Å². The predicted octanol–water partition coefficient (Wildman–Crippen LogP) is 3.85. The van der Waals surface area contributed by atoms with Crippen molar-refractivity contribution in [1.29, 1.82) is 0 Å². The molecule has 2 aromatic rings. The van der Waals surface area contributed by atoms with Crippen molar-refractivity contribution in [3.63, 3.8) is 0 Å². The molecule has 0 amide bonds. The van der Waals surface area contributed by atoms with Crippen LogP contribution in [0.25, 0.3) is 0 Å². The first kappa shape index (κ1) is 11.6. The van der Waals surface area contributed by atoms with Gasteiger partial charge in [0.25, 0.3) is 0 Å². The molecule has 0 unspecified atom stereocenters. The maximum absolute atomic E-state index is 4.40. The standard InChI is InChI=1S/C12H13BrN2S/c1-9-5-6-14-12(11(9)13)15(2)8-10-4-3-7-16-10/h3-7H,8H2,1-2H3. The van der Waals surface area contributed by atoms with E-state index in [1.807, 2.05) is 12.3 Å². The summed E-state index contributed by atoms with van der Waals surface area (Å²) in [4.78, 5) is 7.90. The van der Waals surface area contributed by atoms with Gasteiger partial charge < -0.3 is 4.90 Å². The van der Waals surface area contributed by atoms with Crippen LogP contribution in [0.5, 0.6) is 0 Å². The van der Waals surface area contributed by atoms with E-state index in [4.69, 9.17) is 0 Å². The van der Waals surface area contributed by atoms with E-state index in [9.17, 15) is 0 Å². The molecule has 84 valence electrons. The highest BCUT2D eigenvalue weighted by Gasteiger charge is 2.09. The second kappa shape index (κ2) is 4.97. The van der Waals surface area contributed by atoms with Crippen LogP contribution in [-0.2, 0) is 6.54 Å². The molecule has 0 atom stereocenters. The van der Waals surface area contributed by atoms with Crippen LogP contribution in [0.1, 0.15) is 10.4 Å². The molecule has 16 heavy (non-hydrogen) atoms. The quantitative estimate of drug-likeness (QED) is 0.855. The zero-order valence-corrected chi connectivity index (χ0v) is 11.7. The molecule has 0 saturated heterocycles. The van der Waals surface area contributed by atoms with Gasteiger partial charge in [-0.2, -0.15) is 0 Å². The molecule has 2 nitrogen and oxygen atoms in total. The zero-order valence-electron chi connectivity index (χ0n) is 9.27. The van der Waals surface area contributed by atoms with Crippen molar-refractivity contribution in [2.75, 3.05) is 11.9 Å². The molecule has 0 bridgehead atoms. The Labute approximate surface area is 108 Å². The van der Waals surface area contributed by atoms with E-state index in [1.165, 1.54) is 10.4 Å². The summed E-state index contributed by atoms with van der Waals surface area (Å²) in [7, 11) is 2.06. The summed E-state index contributed by atoms with van der Waals surface area (Å²) in [5.41, 5.74) is 1.21. The Hall–Kier alpha value is -0.870. The van der Waals surface area contributed by atoms with Gasteiger partial charge >= 0.3 is 0 Å². The maximum Gasteiger partial charge on any atom is 0.143 e. The minimum Gasteiger partial charge on any atom is -0.354 e. The Morgan fingerprint density at radius 3 is 2.94 bits per heavy atom.